The molecule has 0 aromatic heterocycles. The lowest BCUT2D eigenvalue weighted by atomic mass is 10.1. The predicted molar refractivity (Wildman–Crippen MR) is 56.4 cm³/mol. The summed E-state index contributed by atoms with van der Waals surface area (Å²) in [5.41, 5.74) is 6.47. The van der Waals surface area contributed by atoms with Crippen LogP contribution in [0.1, 0.15) is 17.2 Å². The standard InChI is InChI=1S/C9H10ClF2N.ClH/c1-5-2-3-6(4-7(5)10)8(13)9(11)12;/h2-4,8-9H,13H2,1H3;1H/t8-;/m0./s1. The van der Waals surface area contributed by atoms with Gasteiger partial charge in [-0.3, -0.25) is 0 Å². The predicted octanol–water partition coefficient (Wildman–Crippen LogP) is 3.34. The summed E-state index contributed by atoms with van der Waals surface area (Å²) in [7, 11) is 0. The molecule has 2 N–H and O–H groups in total. The Labute approximate surface area is 92.7 Å². The Morgan fingerprint density at radius 2 is 1.93 bits per heavy atom. The number of hydrogen-bond acceptors (Lipinski definition) is 1. The molecule has 1 nitrogen and oxygen atoms in total. The molecule has 0 amide bonds. The van der Waals surface area contributed by atoms with E-state index in [1.807, 2.05) is 0 Å². The molecule has 0 aliphatic rings. The first-order valence-electron chi connectivity index (χ1n) is 3.82. The number of aryl methyl sites for hydroxylation is 1. The van der Waals surface area contributed by atoms with Gasteiger partial charge in [0.15, 0.2) is 0 Å². The van der Waals surface area contributed by atoms with E-state index in [9.17, 15) is 8.78 Å². The molecule has 0 aliphatic carbocycles. The van der Waals surface area contributed by atoms with Crippen LogP contribution in [-0.2, 0) is 0 Å². The van der Waals surface area contributed by atoms with Gasteiger partial charge in [0.1, 0.15) is 0 Å². The van der Waals surface area contributed by atoms with Gasteiger partial charge in [0.2, 0.25) is 0 Å². The highest BCUT2D eigenvalue weighted by molar-refractivity contribution is 6.31. The van der Waals surface area contributed by atoms with Crippen LogP contribution in [0.2, 0.25) is 5.02 Å². The van der Waals surface area contributed by atoms with Crippen molar-refractivity contribution in [2.24, 2.45) is 5.73 Å². The van der Waals surface area contributed by atoms with Crippen LogP contribution in [0.3, 0.4) is 0 Å². The molecule has 0 fully saturated rings. The maximum Gasteiger partial charge on any atom is 0.257 e. The van der Waals surface area contributed by atoms with Crippen molar-refractivity contribution in [1.29, 1.82) is 0 Å². The smallest absolute Gasteiger partial charge is 0.257 e. The summed E-state index contributed by atoms with van der Waals surface area (Å²) in [4.78, 5) is 0. The molecule has 0 saturated carbocycles. The molecule has 14 heavy (non-hydrogen) atoms. The SMILES string of the molecule is Cc1ccc([C@H](N)C(F)F)cc1Cl.Cl. The van der Waals surface area contributed by atoms with Gasteiger partial charge in [0, 0.05) is 5.02 Å². The van der Waals surface area contributed by atoms with Gasteiger partial charge in [-0.05, 0) is 24.1 Å². The lowest BCUT2D eigenvalue weighted by molar-refractivity contribution is 0.116. The number of rotatable bonds is 2. The van der Waals surface area contributed by atoms with Gasteiger partial charge in [0.05, 0.1) is 6.04 Å². The molecule has 0 aliphatic heterocycles. The molecular formula is C9H11Cl2F2N. The molecule has 0 unspecified atom stereocenters. The molecule has 0 bridgehead atoms. The Morgan fingerprint density at radius 3 is 2.36 bits per heavy atom. The van der Waals surface area contributed by atoms with Crippen LogP contribution in [0.25, 0.3) is 0 Å². The van der Waals surface area contributed by atoms with Gasteiger partial charge in [-0.1, -0.05) is 23.7 Å². The van der Waals surface area contributed by atoms with E-state index in [0.717, 1.165) is 5.56 Å². The first-order chi connectivity index (χ1) is 6.02. The third kappa shape index (κ3) is 3.08. The van der Waals surface area contributed by atoms with E-state index < -0.39 is 12.5 Å². The lowest BCUT2D eigenvalue weighted by Crippen LogP contribution is -2.18. The average Bonchev–Trinajstić information content (AvgIpc) is 2.08. The van der Waals surface area contributed by atoms with Crippen molar-refractivity contribution in [3.8, 4) is 0 Å². The largest absolute Gasteiger partial charge is 0.319 e. The fraction of sp³-hybridized carbons (Fsp3) is 0.333. The monoisotopic (exact) mass is 241 g/mol. The van der Waals surface area contributed by atoms with Crippen LogP contribution >= 0.6 is 24.0 Å². The zero-order chi connectivity index (χ0) is 10.0. The van der Waals surface area contributed by atoms with Crippen molar-refractivity contribution < 1.29 is 8.78 Å². The fourth-order valence-electron chi connectivity index (χ4n) is 0.962. The van der Waals surface area contributed by atoms with Gasteiger partial charge in [-0.25, -0.2) is 8.78 Å². The van der Waals surface area contributed by atoms with E-state index in [2.05, 4.69) is 0 Å². The Hall–Kier alpha value is -0.380. The van der Waals surface area contributed by atoms with E-state index in [4.69, 9.17) is 17.3 Å². The third-order valence-corrected chi connectivity index (χ3v) is 2.26. The fourth-order valence-corrected chi connectivity index (χ4v) is 1.15. The molecular weight excluding hydrogens is 231 g/mol. The van der Waals surface area contributed by atoms with Crippen LogP contribution in [0.4, 0.5) is 8.78 Å². The molecule has 0 spiro atoms. The van der Waals surface area contributed by atoms with Gasteiger partial charge < -0.3 is 5.73 Å². The Kier molecular flexibility index (Phi) is 5.34. The van der Waals surface area contributed by atoms with E-state index in [0.29, 0.717) is 10.6 Å². The topological polar surface area (TPSA) is 26.0 Å². The first-order valence-corrected chi connectivity index (χ1v) is 4.20. The zero-order valence-electron chi connectivity index (χ0n) is 7.51. The minimum atomic E-state index is -2.56. The molecule has 1 rings (SSSR count). The molecule has 1 atom stereocenters. The van der Waals surface area contributed by atoms with Gasteiger partial charge in [-0.2, -0.15) is 0 Å². The number of halogens is 4. The van der Waals surface area contributed by atoms with E-state index in [1.165, 1.54) is 6.07 Å². The normalized spacial score (nSPS) is 12.4. The summed E-state index contributed by atoms with van der Waals surface area (Å²) in [6, 6.07) is 3.48. The first kappa shape index (κ1) is 13.6. The van der Waals surface area contributed by atoms with Crippen LogP contribution in [-0.4, -0.2) is 6.43 Å². The van der Waals surface area contributed by atoms with Crippen molar-refractivity contribution in [3.63, 3.8) is 0 Å². The number of nitrogens with two attached hydrogens (primary N) is 1. The highest BCUT2D eigenvalue weighted by Crippen LogP contribution is 2.23. The maximum absolute atomic E-state index is 12.2. The Balaban J connectivity index is 0.00000169. The van der Waals surface area contributed by atoms with Crippen molar-refractivity contribution in [2.45, 2.75) is 19.4 Å². The van der Waals surface area contributed by atoms with Gasteiger partial charge in [-0.15, -0.1) is 12.4 Å². The number of alkyl halides is 2. The second-order valence-corrected chi connectivity index (χ2v) is 3.28. The third-order valence-electron chi connectivity index (χ3n) is 1.85. The Morgan fingerprint density at radius 1 is 1.36 bits per heavy atom. The molecule has 1 aromatic rings. The number of hydrogen-bond donors (Lipinski definition) is 1. The molecule has 80 valence electrons. The van der Waals surface area contributed by atoms with Crippen LogP contribution in [0.15, 0.2) is 18.2 Å². The van der Waals surface area contributed by atoms with Crippen LogP contribution in [0, 0.1) is 6.92 Å². The lowest BCUT2D eigenvalue weighted by Gasteiger charge is -2.11. The summed E-state index contributed by atoms with van der Waals surface area (Å²) < 4.78 is 24.4. The molecule has 5 heteroatoms. The van der Waals surface area contributed by atoms with E-state index >= 15 is 0 Å². The summed E-state index contributed by atoms with van der Waals surface area (Å²) in [6.07, 6.45) is -2.56. The minimum absolute atomic E-state index is 0. The Bertz CT molecular complexity index is 305. The zero-order valence-corrected chi connectivity index (χ0v) is 9.08. The van der Waals surface area contributed by atoms with Crippen molar-refractivity contribution in [1.82, 2.24) is 0 Å². The molecule has 0 radical (unpaired) electrons. The molecule has 0 saturated heterocycles. The van der Waals surface area contributed by atoms with E-state index in [1.54, 1.807) is 19.1 Å². The van der Waals surface area contributed by atoms with Gasteiger partial charge >= 0.3 is 0 Å². The van der Waals surface area contributed by atoms with Crippen molar-refractivity contribution in [3.05, 3.63) is 34.3 Å². The average molecular weight is 242 g/mol. The quantitative estimate of drug-likeness (QED) is 0.845. The van der Waals surface area contributed by atoms with Crippen molar-refractivity contribution >= 4 is 24.0 Å². The highest BCUT2D eigenvalue weighted by atomic mass is 35.5. The van der Waals surface area contributed by atoms with Crippen molar-refractivity contribution in [2.75, 3.05) is 0 Å². The minimum Gasteiger partial charge on any atom is -0.319 e. The summed E-state index contributed by atoms with van der Waals surface area (Å²) in [5.74, 6) is 0. The van der Waals surface area contributed by atoms with Crippen LogP contribution < -0.4 is 5.73 Å². The van der Waals surface area contributed by atoms with Gasteiger partial charge in [0.25, 0.3) is 6.43 Å². The second-order valence-electron chi connectivity index (χ2n) is 2.87. The van der Waals surface area contributed by atoms with E-state index in [-0.39, 0.29) is 12.4 Å². The van der Waals surface area contributed by atoms with Crippen LogP contribution in [0.5, 0.6) is 0 Å². The summed E-state index contributed by atoms with van der Waals surface area (Å²) >= 11 is 5.76. The summed E-state index contributed by atoms with van der Waals surface area (Å²) in [6.45, 7) is 1.81. The highest BCUT2D eigenvalue weighted by Gasteiger charge is 2.17. The second kappa shape index (κ2) is 5.49. The molecule has 1 aromatic carbocycles. The molecule has 0 heterocycles. The maximum atomic E-state index is 12.2. The summed E-state index contributed by atoms with van der Waals surface area (Å²) in [5, 5.41) is 0.466. The number of benzene rings is 1.